The topological polar surface area (TPSA) is 95.2 Å². The summed E-state index contributed by atoms with van der Waals surface area (Å²) in [5, 5.41) is 10.7. The minimum Gasteiger partial charge on any atom is -0.465 e. The molecule has 0 aromatic carbocycles. The van der Waals surface area contributed by atoms with Gasteiger partial charge in [-0.05, 0) is 73.5 Å². The minimum absolute atomic E-state index is 0.00735. The van der Waals surface area contributed by atoms with E-state index in [1.54, 1.807) is 0 Å². The summed E-state index contributed by atoms with van der Waals surface area (Å²) in [4.78, 5) is 25.0. The van der Waals surface area contributed by atoms with Gasteiger partial charge >= 0.3 is 11.9 Å². The first-order valence-corrected chi connectivity index (χ1v) is 13.1. The van der Waals surface area contributed by atoms with E-state index in [-0.39, 0.29) is 29.9 Å². The van der Waals surface area contributed by atoms with Crippen LogP contribution in [0.15, 0.2) is 4.42 Å². The third kappa shape index (κ3) is 2.03. The van der Waals surface area contributed by atoms with E-state index in [2.05, 4.69) is 6.92 Å². The fourth-order valence-electron chi connectivity index (χ4n) is 10.2. The standard InChI is InChI=1S/C27H28O7/c1-8-10-4-15-19(26(29)33-21(8)15)13(10)6-17-22-16(20-24(32-22)23(17)34-27(20)30)5-11-9-2-12-14(3-9)25(28)31-7-18(11)12/h8-15,18-19,21,26,29H,2-7H2,1H3/t8-,9?,10?,11?,12?,13?,14?,15?,18?,19?,21?,26?/m1/s1. The largest absolute Gasteiger partial charge is 0.465 e. The number of carbonyl (C=O) groups is 2. The summed E-state index contributed by atoms with van der Waals surface area (Å²) < 4.78 is 23.5. The Labute approximate surface area is 196 Å². The molecule has 6 bridgehead atoms. The van der Waals surface area contributed by atoms with E-state index in [0.29, 0.717) is 70.8 Å². The highest BCUT2D eigenvalue weighted by atomic mass is 16.6. The van der Waals surface area contributed by atoms with Crippen LogP contribution in [0.1, 0.15) is 47.7 Å². The van der Waals surface area contributed by atoms with Gasteiger partial charge in [0.2, 0.25) is 0 Å². The Morgan fingerprint density at radius 2 is 1.79 bits per heavy atom. The Kier molecular flexibility index (Phi) is 3.36. The first-order valence-electron chi connectivity index (χ1n) is 13.1. The van der Waals surface area contributed by atoms with Gasteiger partial charge in [0.05, 0.1) is 18.6 Å². The van der Waals surface area contributed by atoms with Crippen LogP contribution in [-0.4, -0.2) is 36.0 Å². The summed E-state index contributed by atoms with van der Waals surface area (Å²) in [6.45, 7) is 2.77. The van der Waals surface area contributed by atoms with Crippen LogP contribution in [0.4, 0.5) is 0 Å². The van der Waals surface area contributed by atoms with E-state index in [9.17, 15) is 14.7 Å². The van der Waals surface area contributed by atoms with Gasteiger partial charge in [-0.15, -0.1) is 0 Å². The number of fused-ring (bicyclic) bond motifs is 3. The maximum Gasteiger partial charge on any atom is 0.348 e. The second-order valence-electron chi connectivity index (χ2n) is 12.3. The Balaban J connectivity index is 1.08. The van der Waals surface area contributed by atoms with Gasteiger partial charge in [0, 0.05) is 23.0 Å². The number of cyclic esters (lactones) is 1. The molecule has 34 heavy (non-hydrogen) atoms. The number of rotatable bonds is 4. The SMILES string of the molecule is C[C@@H]1C2CC3C(C(O)OC31)C2Cc1c2c3oc1c(CC1C4CC5C(=O)OCC1C5C4)c3C(=O)O2. The predicted molar refractivity (Wildman–Crippen MR) is 116 cm³/mol. The molecular formula is C27H28O7. The Hall–Kier alpha value is -2.12. The van der Waals surface area contributed by atoms with Crippen molar-refractivity contribution in [3.63, 3.8) is 0 Å². The molecule has 2 saturated heterocycles. The molecule has 1 N–H and O–H groups in total. The van der Waals surface area contributed by atoms with Gasteiger partial charge < -0.3 is 23.7 Å². The molecule has 0 radical (unpaired) electrons. The lowest BCUT2D eigenvalue weighted by Gasteiger charge is -2.38. The zero-order chi connectivity index (χ0) is 22.6. The second kappa shape index (κ2) is 5.98. The molecule has 11 unspecified atom stereocenters. The third-order valence-electron chi connectivity index (χ3n) is 11.4. The van der Waals surface area contributed by atoms with Gasteiger partial charge in [0.25, 0.3) is 0 Å². The van der Waals surface area contributed by atoms with E-state index in [4.69, 9.17) is 18.6 Å². The van der Waals surface area contributed by atoms with Crippen LogP contribution in [-0.2, 0) is 27.1 Å². The summed E-state index contributed by atoms with van der Waals surface area (Å²) in [6, 6.07) is 0. The van der Waals surface area contributed by atoms with Crippen molar-refractivity contribution in [3.05, 3.63) is 16.7 Å². The maximum atomic E-state index is 12.9. The fraction of sp³-hybridized carbons (Fsp3) is 0.704. The van der Waals surface area contributed by atoms with Crippen molar-refractivity contribution >= 4 is 23.1 Å². The monoisotopic (exact) mass is 464 g/mol. The smallest absolute Gasteiger partial charge is 0.348 e. The zero-order valence-corrected chi connectivity index (χ0v) is 19.1. The van der Waals surface area contributed by atoms with Crippen LogP contribution >= 0.6 is 0 Å². The highest BCUT2D eigenvalue weighted by molar-refractivity contribution is 6.11. The summed E-state index contributed by atoms with van der Waals surface area (Å²) in [7, 11) is 0. The fourth-order valence-corrected chi connectivity index (χ4v) is 10.2. The van der Waals surface area contributed by atoms with Crippen molar-refractivity contribution in [3.8, 4) is 5.75 Å². The van der Waals surface area contributed by atoms with Crippen LogP contribution in [0.3, 0.4) is 0 Å². The number of hydrogen-bond acceptors (Lipinski definition) is 7. The molecule has 4 aliphatic carbocycles. The van der Waals surface area contributed by atoms with Crippen LogP contribution in [0.25, 0.3) is 11.2 Å². The zero-order valence-electron chi connectivity index (χ0n) is 19.1. The molecule has 3 aliphatic heterocycles. The highest BCUT2D eigenvalue weighted by Crippen LogP contribution is 2.64. The number of furan rings is 2. The van der Waals surface area contributed by atoms with Gasteiger partial charge in [0.15, 0.2) is 17.6 Å². The first-order chi connectivity index (χ1) is 16.5. The molecule has 9 rings (SSSR count). The number of aliphatic hydroxyl groups is 1. The number of carbonyl (C=O) groups excluding carboxylic acids is 2. The number of aliphatic hydroxyl groups excluding tert-OH is 1. The average molecular weight is 465 g/mol. The summed E-state index contributed by atoms with van der Waals surface area (Å²) in [5.74, 6) is 4.06. The number of esters is 2. The van der Waals surface area contributed by atoms with Crippen molar-refractivity contribution in [2.45, 2.75) is 51.4 Å². The summed E-state index contributed by atoms with van der Waals surface area (Å²) >= 11 is 0. The molecule has 12 atom stereocenters. The number of hydrogen-bond donors (Lipinski definition) is 1. The molecule has 2 aromatic heterocycles. The molecule has 7 heteroatoms. The van der Waals surface area contributed by atoms with Crippen molar-refractivity contribution in [2.24, 2.45) is 59.2 Å². The van der Waals surface area contributed by atoms with E-state index in [1.165, 1.54) is 0 Å². The summed E-state index contributed by atoms with van der Waals surface area (Å²) in [6.07, 6.45) is 4.20. The molecule has 7 aliphatic rings. The molecule has 6 fully saturated rings. The molecule has 0 amide bonds. The van der Waals surface area contributed by atoms with E-state index in [1.807, 2.05) is 0 Å². The molecule has 5 heterocycles. The average Bonchev–Trinajstić information content (AvgIpc) is 3.63. The Morgan fingerprint density at radius 1 is 0.941 bits per heavy atom. The lowest BCUT2D eigenvalue weighted by Crippen LogP contribution is -2.42. The van der Waals surface area contributed by atoms with Gasteiger partial charge in [0.1, 0.15) is 11.1 Å². The van der Waals surface area contributed by atoms with E-state index >= 15 is 0 Å². The maximum absolute atomic E-state index is 12.9. The Morgan fingerprint density at radius 3 is 2.68 bits per heavy atom. The molecule has 4 saturated carbocycles. The lowest BCUT2D eigenvalue weighted by atomic mass is 9.70. The van der Waals surface area contributed by atoms with Crippen LogP contribution in [0.2, 0.25) is 0 Å². The summed E-state index contributed by atoms with van der Waals surface area (Å²) in [5.41, 5.74) is 4.14. The van der Waals surface area contributed by atoms with Crippen molar-refractivity contribution in [2.75, 3.05) is 6.61 Å². The normalized spacial score (nSPS) is 49.1. The third-order valence-corrected chi connectivity index (χ3v) is 11.4. The molecule has 7 nitrogen and oxygen atoms in total. The Bertz CT molecular complexity index is 1260. The van der Waals surface area contributed by atoms with Crippen LogP contribution < -0.4 is 4.74 Å². The lowest BCUT2D eigenvalue weighted by molar-refractivity contribution is -0.163. The molecular weight excluding hydrogens is 436 g/mol. The highest BCUT2D eigenvalue weighted by Gasteiger charge is 2.64. The first kappa shape index (κ1) is 19.1. The van der Waals surface area contributed by atoms with Crippen molar-refractivity contribution in [1.29, 1.82) is 0 Å². The number of ether oxygens (including phenoxy) is 3. The van der Waals surface area contributed by atoms with E-state index < -0.39 is 6.29 Å². The molecule has 178 valence electrons. The second-order valence-corrected chi connectivity index (χ2v) is 12.3. The van der Waals surface area contributed by atoms with Crippen molar-refractivity contribution < 1.29 is 33.3 Å². The van der Waals surface area contributed by atoms with Gasteiger partial charge in [-0.3, -0.25) is 4.79 Å². The molecule has 2 aromatic rings. The minimum atomic E-state index is -0.689. The van der Waals surface area contributed by atoms with Crippen LogP contribution in [0.5, 0.6) is 5.75 Å². The van der Waals surface area contributed by atoms with Crippen molar-refractivity contribution in [1.82, 2.24) is 0 Å². The quantitative estimate of drug-likeness (QED) is 0.695. The van der Waals surface area contributed by atoms with E-state index in [0.717, 1.165) is 48.8 Å². The number of benzene rings is 1. The van der Waals surface area contributed by atoms with Gasteiger partial charge in [-0.2, -0.15) is 0 Å². The van der Waals surface area contributed by atoms with Gasteiger partial charge in [-0.1, -0.05) is 6.92 Å². The predicted octanol–water partition coefficient (Wildman–Crippen LogP) is 3.17. The van der Waals surface area contributed by atoms with Gasteiger partial charge in [-0.25, -0.2) is 4.79 Å². The molecule has 0 spiro atoms. The van der Waals surface area contributed by atoms with Crippen LogP contribution in [0, 0.1) is 59.2 Å².